The number of carboxylic acids is 1. The van der Waals surface area contributed by atoms with Crippen LogP contribution in [-0.4, -0.2) is 22.5 Å². The largest absolute Gasteiger partial charge is 0.478 e. The number of hydrogen-bond acceptors (Lipinski definition) is 4. The van der Waals surface area contributed by atoms with Crippen molar-refractivity contribution in [2.45, 2.75) is 32.9 Å². The summed E-state index contributed by atoms with van der Waals surface area (Å²) in [6, 6.07) is 4.18. The molecule has 1 atom stereocenters. The molecule has 3 heterocycles. The molecule has 2 aromatic rings. The summed E-state index contributed by atoms with van der Waals surface area (Å²) in [4.78, 5) is 14.8. The zero-order valence-electron chi connectivity index (χ0n) is 11.5. The summed E-state index contributed by atoms with van der Waals surface area (Å²) in [7, 11) is 0. The van der Waals surface area contributed by atoms with Crippen LogP contribution in [-0.2, 0) is 13.0 Å². The molecule has 0 saturated heterocycles. The van der Waals surface area contributed by atoms with E-state index in [1.807, 2.05) is 11.3 Å². The molecule has 0 bridgehead atoms. The van der Waals surface area contributed by atoms with Crippen LogP contribution < -0.4 is 0 Å². The summed E-state index contributed by atoms with van der Waals surface area (Å²) in [6.07, 6.45) is 1.06. The van der Waals surface area contributed by atoms with E-state index in [-0.39, 0.29) is 5.56 Å². The Morgan fingerprint density at radius 3 is 3.10 bits per heavy atom. The van der Waals surface area contributed by atoms with Crippen LogP contribution in [0.4, 0.5) is 0 Å². The van der Waals surface area contributed by atoms with Crippen molar-refractivity contribution < 1.29 is 14.3 Å². The molecule has 2 aromatic heterocycles. The molecule has 0 fully saturated rings. The molecule has 3 rings (SSSR count). The second-order valence-corrected chi connectivity index (χ2v) is 6.18. The van der Waals surface area contributed by atoms with E-state index in [2.05, 4.69) is 23.3 Å². The quantitative estimate of drug-likeness (QED) is 0.941. The molecule has 20 heavy (non-hydrogen) atoms. The van der Waals surface area contributed by atoms with Gasteiger partial charge in [-0.2, -0.15) is 0 Å². The lowest BCUT2D eigenvalue weighted by Gasteiger charge is -2.32. The zero-order chi connectivity index (χ0) is 14.3. The van der Waals surface area contributed by atoms with E-state index >= 15 is 0 Å². The van der Waals surface area contributed by atoms with Crippen LogP contribution in [0.15, 0.2) is 21.9 Å². The van der Waals surface area contributed by atoms with E-state index in [4.69, 9.17) is 9.52 Å². The van der Waals surface area contributed by atoms with E-state index in [0.717, 1.165) is 18.7 Å². The number of rotatable bonds is 3. The van der Waals surface area contributed by atoms with Crippen molar-refractivity contribution in [1.29, 1.82) is 0 Å². The van der Waals surface area contributed by atoms with Crippen LogP contribution in [0.5, 0.6) is 0 Å². The maximum atomic E-state index is 11.0. The molecular weight excluding hydrogens is 274 g/mol. The van der Waals surface area contributed by atoms with E-state index in [1.54, 1.807) is 13.0 Å². The summed E-state index contributed by atoms with van der Waals surface area (Å²) < 4.78 is 5.58. The molecule has 1 unspecified atom stereocenters. The van der Waals surface area contributed by atoms with Gasteiger partial charge in [0.05, 0.1) is 6.54 Å². The van der Waals surface area contributed by atoms with Crippen molar-refractivity contribution in [3.05, 3.63) is 45.0 Å². The third-order valence-corrected chi connectivity index (χ3v) is 4.96. The van der Waals surface area contributed by atoms with Gasteiger partial charge in [0, 0.05) is 17.5 Å². The molecule has 0 aromatic carbocycles. The van der Waals surface area contributed by atoms with Crippen molar-refractivity contribution in [3.63, 3.8) is 0 Å². The smallest absolute Gasteiger partial charge is 0.339 e. The number of hydrogen-bond donors (Lipinski definition) is 1. The number of aromatic carboxylic acids is 1. The standard InChI is InChI=1S/C15H17NO3S/c1-9-12-4-6-20-14(12)3-5-16(9)8-11-7-13(15(17)18)10(2)19-11/h4,6-7,9H,3,5,8H2,1-2H3,(H,17,18). The van der Waals surface area contributed by atoms with Crippen LogP contribution in [0.1, 0.15) is 45.3 Å². The fourth-order valence-corrected chi connectivity index (χ4v) is 3.77. The summed E-state index contributed by atoms with van der Waals surface area (Å²) in [5.41, 5.74) is 1.66. The number of thiophene rings is 1. The van der Waals surface area contributed by atoms with Crippen molar-refractivity contribution >= 4 is 17.3 Å². The molecule has 1 aliphatic rings. The molecule has 5 heteroatoms. The first-order chi connectivity index (χ1) is 9.56. The lowest BCUT2D eigenvalue weighted by molar-refractivity contribution is 0.0695. The molecule has 0 saturated carbocycles. The van der Waals surface area contributed by atoms with Gasteiger partial charge < -0.3 is 9.52 Å². The summed E-state index contributed by atoms with van der Waals surface area (Å²) in [5, 5.41) is 11.2. The Kier molecular flexibility index (Phi) is 3.40. The third-order valence-electron chi connectivity index (χ3n) is 3.96. The van der Waals surface area contributed by atoms with Gasteiger partial charge in [0.2, 0.25) is 0 Å². The number of carbonyl (C=O) groups is 1. The van der Waals surface area contributed by atoms with Gasteiger partial charge in [-0.1, -0.05) is 0 Å². The van der Waals surface area contributed by atoms with Gasteiger partial charge in [0.25, 0.3) is 0 Å². The fraction of sp³-hybridized carbons (Fsp3) is 0.400. The topological polar surface area (TPSA) is 53.7 Å². The van der Waals surface area contributed by atoms with Crippen LogP contribution >= 0.6 is 11.3 Å². The lowest BCUT2D eigenvalue weighted by atomic mass is 10.0. The number of aryl methyl sites for hydroxylation is 1. The second-order valence-electron chi connectivity index (χ2n) is 5.18. The zero-order valence-corrected chi connectivity index (χ0v) is 12.4. The predicted octanol–water partition coefficient (Wildman–Crippen LogP) is 3.47. The SMILES string of the molecule is Cc1oc(CN2CCc3sccc3C2C)cc1C(=O)O. The second kappa shape index (κ2) is 5.07. The van der Waals surface area contributed by atoms with Gasteiger partial charge in [-0.3, -0.25) is 4.90 Å². The highest BCUT2D eigenvalue weighted by molar-refractivity contribution is 7.10. The highest BCUT2D eigenvalue weighted by atomic mass is 32.1. The molecule has 0 aliphatic carbocycles. The van der Waals surface area contributed by atoms with E-state index in [0.29, 0.717) is 18.3 Å². The minimum atomic E-state index is -0.927. The average molecular weight is 291 g/mol. The fourth-order valence-electron chi connectivity index (χ4n) is 2.81. The van der Waals surface area contributed by atoms with Gasteiger partial charge in [-0.05, 0) is 43.3 Å². The molecule has 1 aliphatic heterocycles. The van der Waals surface area contributed by atoms with Crippen molar-refractivity contribution in [2.75, 3.05) is 6.54 Å². The third kappa shape index (κ3) is 2.27. The first-order valence-electron chi connectivity index (χ1n) is 6.69. The van der Waals surface area contributed by atoms with Crippen LogP contribution in [0.2, 0.25) is 0 Å². The van der Waals surface area contributed by atoms with Gasteiger partial charge in [-0.15, -0.1) is 11.3 Å². The summed E-state index contributed by atoms with van der Waals surface area (Å²) in [6.45, 7) is 5.53. The maximum absolute atomic E-state index is 11.0. The van der Waals surface area contributed by atoms with Gasteiger partial charge >= 0.3 is 5.97 Å². The Hall–Kier alpha value is -1.59. The summed E-state index contributed by atoms with van der Waals surface area (Å²) >= 11 is 1.82. The Morgan fingerprint density at radius 1 is 1.60 bits per heavy atom. The minimum absolute atomic E-state index is 0.265. The average Bonchev–Trinajstić information content (AvgIpc) is 2.99. The summed E-state index contributed by atoms with van der Waals surface area (Å²) in [5.74, 6) is 0.281. The monoisotopic (exact) mass is 291 g/mol. The molecule has 0 radical (unpaired) electrons. The number of fused-ring (bicyclic) bond motifs is 1. The Labute approximate surface area is 121 Å². The Bertz CT molecular complexity index is 643. The number of nitrogens with zero attached hydrogens (tertiary/aromatic N) is 1. The van der Waals surface area contributed by atoms with Crippen LogP contribution in [0, 0.1) is 6.92 Å². The highest BCUT2D eigenvalue weighted by Crippen LogP contribution is 2.34. The molecular formula is C15H17NO3S. The van der Waals surface area contributed by atoms with E-state index in [9.17, 15) is 4.79 Å². The van der Waals surface area contributed by atoms with Gasteiger partial charge in [0.1, 0.15) is 17.1 Å². The minimum Gasteiger partial charge on any atom is -0.478 e. The maximum Gasteiger partial charge on any atom is 0.339 e. The van der Waals surface area contributed by atoms with Crippen molar-refractivity contribution in [2.24, 2.45) is 0 Å². The first-order valence-corrected chi connectivity index (χ1v) is 7.57. The molecule has 0 spiro atoms. The number of furan rings is 1. The Balaban J connectivity index is 1.79. The van der Waals surface area contributed by atoms with Crippen LogP contribution in [0.3, 0.4) is 0 Å². The molecule has 0 amide bonds. The lowest BCUT2D eigenvalue weighted by Crippen LogP contribution is -2.32. The molecule has 106 valence electrons. The van der Waals surface area contributed by atoms with E-state index in [1.165, 1.54) is 10.4 Å². The van der Waals surface area contributed by atoms with Crippen molar-refractivity contribution in [3.8, 4) is 0 Å². The normalized spacial score (nSPS) is 19.0. The number of carboxylic acid groups (broad SMARTS) is 1. The van der Waals surface area contributed by atoms with Gasteiger partial charge in [0.15, 0.2) is 0 Å². The highest BCUT2D eigenvalue weighted by Gasteiger charge is 2.26. The van der Waals surface area contributed by atoms with E-state index < -0.39 is 5.97 Å². The first kappa shape index (κ1) is 13.4. The molecule has 4 nitrogen and oxygen atoms in total. The van der Waals surface area contributed by atoms with Crippen molar-refractivity contribution in [1.82, 2.24) is 4.90 Å². The predicted molar refractivity (Wildman–Crippen MR) is 77.3 cm³/mol. The Morgan fingerprint density at radius 2 is 2.40 bits per heavy atom. The van der Waals surface area contributed by atoms with Gasteiger partial charge in [-0.25, -0.2) is 4.79 Å². The van der Waals surface area contributed by atoms with Crippen LogP contribution in [0.25, 0.3) is 0 Å². The molecule has 1 N–H and O–H groups in total.